The SMILES string of the molecule is O=C(NCc1ccccc1F)c1cc(=O)c2ccccc2o1. The minimum Gasteiger partial charge on any atom is -0.451 e. The second-order valence-corrected chi connectivity index (χ2v) is 4.75. The van der Waals surface area contributed by atoms with Gasteiger partial charge in [-0.3, -0.25) is 9.59 Å². The molecular weight excluding hydrogens is 285 g/mol. The van der Waals surface area contributed by atoms with E-state index in [9.17, 15) is 14.0 Å². The fraction of sp³-hybridized carbons (Fsp3) is 0.0588. The number of benzene rings is 2. The lowest BCUT2D eigenvalue weighted by Gasteiger charge is -2.06. The molecule has 4 nitrogen and oxygen atoms in total. The van der Waals surface area contributed by atoms with Crippen LogP contribution in [0.5, 0.6) is 0 Å². The number of hydrogen-bond acceptors (Lipinski definition) is 3. The number of hydrogen-bond donors (Lipinski definition) is 1. The van der Waals surface area contributed by atoms with Crippen LogP contribution in [0.15, 0.2) is 63.8 Å². The molecule has 0 aliphatic heterocycles. The van der Waals surface area contributed by atoms with Crippen LogP contribution in [0.3, 0.4) is 0 Å². The van der Waals surface area contributed by atoms with Crippen molar-refractivity contribution in [1.82, 2.24) is 5.32 Å². The number of para-hydroxylation sites is 1. The van der Waals surface area contributed by atoms with Crippen LogP contribution in [-0.4, -0.2) is 5.91 Å². The van der Waals surface area contributed by atoms with Gasteiger partial charge in [0.15, 0.2) is 11.2 Å². The van der Waals surface area contributed by atoms with E-state index in [1.165, 1.54) is 6.07 Å². The molecule has 0 saturated carbocycles. The highest BCUT2D eigenvalue weighted by molar-refractivity contribution is 5.93. The van der Waals surface area contributed by atoms with E-state index in [0.717, 1.165) is 6.07 Å². The van der Waals surface area contributed by atoms with Crippen LogP contribution in [0, 0.1) is 5.82 Å². The molecule has 2 aromatic carbocycles. The summed E-state index contributed by atoms with van der Waals surface area (Å²) >= 11 is 0. The summed E-state index contributed by atoms with van der Waals surface area (Å²) in [4.78, 5) is 24.0. The summed E-state index contributed by atoms with van der Waals surface area (Å²) in [7, 11) is 0. The first-order chi connectivity index (χ1) is 10.6. The van der Waals surface area contributed by atoms with Crippen molar-refractivity contribution in [1.29, 1.82) is 0 Å². The minimum atomic E-state index is -0.564. The van der Waals surface area contributed by atoms with Gasteiger partial charge >= 0.3 is 0 Å². The van der Waals surface area contributed by atoms with Crippen molar-refractivity contribution in [3.8, 4) is 0 Å². The standard InChI is InChI=1S/C17H12FNO3/c18-13-7-3-1-5-11(13)10-19-17(21)16-9-14(20)12-6-2-4-8-15(12)22-16/h1-9H,10H2,(H,19,21). The lowest BCUT2D eigenvalue weighted by Crippen LogP contribution is -2.24. The number of carbonyl (C=O) groups excluding carboxylic acids is 1. The highest BCUT2D eigenvalue weighted by Crippen LogP contribution is 2.12. The first-order valence-electron chi connectivity index (χ1n) is 6.69. The Kier molecular flexibility index (Phi) is 3.70. The Morgan fingerprint density at radius 3 is 2.64 bits per heavy atom. The lowest BCUT2D eigenvalue weighted by molar-refractivity contribution is 0.0923. The Balaban J connectivity index is 1.84. The number of carbonyl (C=O) groups is 1. The van der Waals surface area contributed by atoms with Crippen LogP contribution in [0.1, 0.15) is 16.1 Å². The van der Waals surface area contributed by atoms with Crippen LogP contribution < -0.4 is 10.7 Å². The van der Waals surface area contributed by atoms with Crippen LogP contribution in [-0.2, 0) is 6.54 Å². The van der Waals surface area contributed by atoms with Crippen molar-refractivity contribution >= 4 is 16.9 Å². The maximum Gasteiger partial charge on any atom is 0.287 e. The predicted octanol–water partition coefficient (Wildman–Crippen LogP) is 2.86. The van der Waals surface area contributed by atoms with Crippen molar-refractivity contribution in [2.45, 2.75) is 6.54 Å². The molecule has 0 aliphatic rings. The first-order valence-corrected chi connectivity index (χ1v) is 6.69. The second kappa shape index (κ2) is 5.81. The molecule has 110 valence electrons. The third-order valence-corrected chi connectivity index (χ3v) is 3.26. The van der Waals surface area contributed by atoms with Gasteiger partial charge in [-0.2, -0.15) is 0 Å². The molecule has 3 rings (SSSR count). The van der Waals surface area contributed by atoms with Crippen molar-refractivity contribution in [3.63, 3.8) is 0 Å². The largest absolute Gasteiger partial charge is 0.451 e. The molecule has 22 heavy (non-hydrogen) atoms. The smallest absolute Gasteiger partial charge is 0.287 e. The van der Waals surface area contributed by atoms with Gasteiger partial charge in [0, 0.05) is 18.2 Å². The highest BCUT2D eigenvalue weighted by atomic mass is 19.1. The van der Waals surface area contributed by atoms with Gasteiger partial charge in [-0.1, -0.05) is 30.3 Å². The number of nitrogens with one attached hydrogen (secondary N) is 1. The second-order valence-electron chi connectivity index (χ2n) is 4.75. The number of amides is 1. The van der Waals surface area contributed by atoms with E-state index in [0.29, 0.717) is 16.5 Å². The maximum absolute atomic E-state index is 13.5. The van der Waals surface area contributed by atoms with Crippen molar-refractivity contribution in [2.24, 2.45) is 0 Å². The van der Waals surface area contributed by atoms with Gasteiger partial charge in [-0.05, 0) is 18.2 Å². The van der Waals surface area contributed by atoms with E-state index in [1.54, 1.807) is 42.5 Å². The summed E-state index contributed by atoms with van der Waals surface area (Å²) in [6.07, 6.45) is 0. The third-order valence-electron chi connectivity index (χ3n) is 3.26. The zero-order valence-electron chi connectivity index (χ0n) is 11.5. The van der Waals surface area contributed by atoms with Crippen molar-refractivity contribution in [3.05, 3.63) is 82.0 Å². The van der Waals surface area contributed by atoms with Gasteiger partial charge in [0.1, 0.15) is 11.4 Å². The van der Waals surface area contributed by atoms with Crippen LogP contribution >= 0.6 is 0 Å². The fourth-order valence-electron chi connectivity index (χ4n) is 2.12. The Hall–Kier alpha value is -2.95. The van der Waals surface area contributed by atoms with E-state index < -0.39 is 11.7 Å². The molecule has 1 heterocycles. The summed E-state index contributed by atoms with van der Waals surface area (Å²) in [6, 6.07) is 14.0. The number of rotatable bonds is 3. The van der Waals surface area contributed by atoms with Gasteiger partial charge in [0.25, 0.3) is 5.91 Å². The molecule has 0 aliphatic carbocycles. The molecule has 0 saturated heterocycles. The van der Waals surface area contributed by atoms with Crippen LogP contribution in [0.4, 0.5) is 4.39 Å². The quantitative estimate of drug-likeness (QED) is 0.808. The van der Waals surface area contributed by atoms with Gasteiger partial charge in [-0.15, -0.1) is 0 Å². The molecule has 1 aromatic heterocycles. The van der Waals surface area contributed by atoms with E-state index in [1.807, 2.05) is 0 Å². The van der Waals surface area contributed by atoms with Crippen LogP contribution in [0.25, 0.3) is 11.0 Å². The normalized spacial score (nSPS) is 10.6. The Morgan fingerprint density at radius 1 is 1.09 bits per heavy atom. The summed E-state index contributed by atoms with van der Waals surface area (Å²) in [5.41, 5.74) is 0.405. The summed E-state index contributed by atoms with van der Waals surface area (Å²) in [5, 5.41) is 2.95. The average Bonchev–Trinajstić information content (AvgIpc) is 2.54. The van der Waals surface area contributed by atoms with Crippen molar-refractivity contribution in [2.75, 3.05) is 0 Å². The van der Waals surface area contributed by atoms with Gasteiger partial charge in [0.2, 0.25) is 0 Å². The molecule has 3 aromatic rings. The van der Waals surface area contributed by atoms with Crippen molar-refractivity contribution < 1.29 is 13.6 Å². The van der Waals surface area contributed by atoms with E-state index in [2.05, 4.69) is 5.32 Å². The monoisotopic (exact) mass is 297 g/mol. The maximum atomic E-state index is 13.5. The molecule has 0 unspecified atom stereocenters. The molecule has 0 bridgehead atoms. The Labute approximate surface area is 125 Å². The van der Waals surface area contributed by atoms with Gasteiger partial charge in [-0.25, -0.2) is 4.39 Å². The topological polar surface area (TPSA) is 59.3 Å². The molecule has 0 spiro atoms. The summed E-state index contributed by atoms with van der Waals surface area (Å²) in [6.45, 7) is 0.0159. The highest BCUT2D eigenvalue weighted by Gasteiger charge is 2.12. The average molecular weight is 297 g/mol. The van der Waals surface area contributed by atoms with E-state index >= 15 is 0 Å². The van der Waals surface area contributed by atoms with Crippen LogP contribution in [0.2, 0.25) is 0 Å². The summed E-state index contributed by atoms with van der Waals surface area (Å²) in [5.74, 6) is -1.06. The van der Waals surface area contributed by atoms with E-state index in [4.69, 9.17) is 4.42 Å². The zero-order valence-corrected chi connectivity index (χ0v) is 11.5. The van der Waals surface area contributed by atoms with Gasteiger partial charge < -0.3 is 9.73 Å². The fourth-order valence-corrected chi connectivity index (χ4v) is 2.12. The minimum absolute atomic E-state index is 0.0159. The van der Waals surface area contributed by atoms with E-state index in [-0.39, 0.29) is 17.7 Å². The summed E-state index contributed by atoms with van der Waals surface area (Å²) < 4.78 is 18.9. The number of fused-ring (bicyclic) bond motifs is 1. The lowest BCUT2D eigenvalue weighted by atomic mass is 10.2. The zero-order chi connectivity index (χ0) is 15.5. The Morgan fingerprint density at radius 2 is 1.82 bits per heavy atom. The van der Waals surface area contributed by atoms with Gasteiger partial charge in [0.05, 0.1) is 5.39 Å². The first kappa shape index (κ1) is 14.0. The molecule has 1 N–H and O–H groups in total. The predicted molar refractivity (Wildman–Crippen MR) is 80.1 cm³/mol. The molecule has 5 heteroatoms. The third kappa shape index (κ3) is 2.74. The molecule has 0 fully saturated rings. The molecule has 0 radical (unpaired) electrons. The molecular formula is C17H12FNO3. The molecule has 1 amide bonds. The number of halogens is 1. The molecule has 0 atom stereocenters. The Bertz CT molecular complexity index is 902.